The molecule has 26 heavy (non-hydrogen) atoms. The smallest absolute Gasteiger partial charge is 0.321 e. The molecule has 0 radical (unpaired) electrons. The minimum atomic E-state index is -4.25. The van der Waals surface area contributed by atoms with Gasteiger partial charge in [0.1, 0.15) is 23.1 Å². The molecule has 0 heterocycles. The third-order valence-corrected chi connectivity index (χ3v) is 4.77. The Morgan fingerprint density at radius 2 is 1.69 bits per heavy atom. The molecule has 0 saturated carbocycles. The lowest BCUT2D eigenvalue weighted by atomic mass is 10.1. The van der Waals surface area contributed by atoms with E-state index in [2.05, 4.69) is 0 Å². The number of hydrogen-bond acceptors (Lipinski definition) is 5. The van der Waals surface area contributed by atoms with E-state index in [4.69, 9.17) is 4.74 Å². The van der Waals surface area contributed by atoms with E-state index in [1.165, 1.54) is 31.2 Å². The van der Waals surface area contributed by atoms with Crippen molar-refractivity contribution in [1.82, 2.24) is 4.72 Å². The van der Waals surface area contributed by atoms with Crippen molar-refractivity contribution in [2.24, 2.45) is 0 Å². The van der Waals surface area contributed by atoms with Crippen LogP contribution in [0, 0.1) is 11.6 Å². The first-order valence-corrected chi connectivity index (χ1v) is 8.92. The molecule has 0 amide bonds. The molecule has 0 saturated heterocycles. The van der Waals surface area contributed by atoms with Gasteiger partial charge in [0.05, 0.1) is 0 Å². The van der Waals surface area contributed by atoms with Crippen molar-refractivity contribution in [2.45, 2.75) is 17.9 Å². The second kappa shape index (κ2) is 8.15. The van der Waals surface area contributed by atoms with Gasteiger partial charge in [-0.05, 0) is 43.3 Å². The summed E-state index contributed by atoms with van der Waals surface area (Å²) in [6.07, 6.45) is -1.20. The molecule has 6 nitrogen and oxygen atoms in total. The number of ketones is 1. The largest absolute Gasteiger partial charge is 0.453 e. The highest BCUT2D eigenvalue weighted by Gasteiger charge is 2.23. The third-order valence-electron chi connectivity index (χ3n) is 3.34. The van der Waals surface area contributed by atoms with Crippen molar-refractivity contribution in [2.75, 3.05) is 6.54 Å². The van der Waals surface area contributed by atoms with Gasteiger partial charge in [-0.25, -0.2) is 17.2 Å². The first-order chi connectivity index (χ1) is 12.2. The number of carbonyl (C=O) groups excluding carboxylic acids is 2. The van der Waals surface area contributed by atoms with E-state index in [0.29, 0.717) is 0 Å². The predicted octanol–water partition coefficient (Wildman–Crippen LogP) is 2.06. The van der Waals surface area contributed by atoms with Crippen molar-refractivity contribution in [3.8, 4) is 0 Å². The second-order valence-corrected chi connectivity index (χ2v) is 6.99. The number of ether oxygens (including phenoxy) is 1. The zero-order valence-electron chi connectivity index (χ0n) is 13.6. The Hall–Kier alpha value is -2.65. The molecule has 138 valence electrons. The van der Waals surface area contributed by atoms with Crippen LogP contribution in [-0.4, -0.2) is 32.8 Å². The van der Waals surface area contributed by atoms with Crippen LogP contribution < -0.4 is 4.72 Å². The topological polar surface area (TPSA) is 89.5 Å². The van der Waals surface area contributed by atoms with Crippen LogP contribution in [0.25, 0.3) is 0 Å². The van der Waals surface area contributed by atoms with Gasteiger partial charge in [0.15, 0.2) is 6.10 Å². The van der Waals surface area contributed by atoms with Crippen molar-refractivity contribution in [3.63, 3.8) is 0 Å². The number of halogens is 2. The summed E-state index contributed by atoms with van der Waals surface area (Å²) in [5.41, 5.74) is 0.138. The van der Waals surface area contributed by atoms with Gasteiger partial charge in [-0.15, -0.1) is 0 Å². The van der Waals surface area contributed by atoms with Crippen molar-refractivity contribution in [1.29, 1.82) is 0 Å². The van der Waals surface area contributed by atoms with Crippen LogP contribution in [0.5, 0.6) is 0 Å². The van der Waals surface area contributed by atoms with Crippen LogP contribution in [0.15, 0.2) is 53.4 Å². The number of esters is 1. The first kappa shape index (κ1) is 19.7. The summed E-state index contributed by atoms with van der Waals surface area (Å²) in [5, 5.41) is 0. The molecule has 2 aromatic carbocycles. The van der Waals surface area contributed by atoms with E-state index >= 15 is 0 Å². The molecule has 1 N–H and O–H groups in total. The standard InChI is InChI=1S/C17H15F2NO5S/c1-11(17(22)12-6-8-13(18)9-7-12)25-16(21)10-20-26(23,24)15-5-3-2-4-14(15)19/h2-9,11,20H,10H2,1H3/t11-/m1/s1. The van der Waals surface area contributed by atoms with Gasteiger partial charge >= 0.3 is 5.97 Å². The Morgan fingerprint density at radius 1 is 1.08 bits per heavy atom. The summed E-state index contributed by atoms with van der Waals surface area (Å²) >= 11 is 0. The quantitative estimate of drug-likeness (QED) is 0.584. The minimum Gasteiger partial charge on any atom is -0.453 e. The summed E-state index contributed by atoms with van der Waals surface area (Å²) in [5.74, 6) is -3.08. The SMILES string of the molecule is C[C@@H](OC(=O)CNS(=O)(=O)c1ccccc1F)C(=O)c1ccc(F)cc1. The van der Waals surface area contributed by atoms with Crippen molar-refractivity contribution in [3.05, 3.63) is 65.7 Å². The summed E-state index contributed by atoms with van der Waals surface area (Å²) in [7, 11) is -4.25. The maximum atomic E-state index is 13.5. The molecule has 0 aliphatic rings. The maximum Gasteiger partial charge on any atom is 0.321 e. The van der Waals surface area contributed by atoms with Crippen LogP contribution in [-0.2, 0) is 19.6 Å². The lowest BCUT2D eigenvalue weighted by Crippen LogP contribution is -2.34. The molecule has 1 atom stereocenters. The molecule has 0 unspecified atom stereocenters. The Morgan fingerprint density at radius 3 is 2.31 bits per heavy atom. The number of carbonyl (C=O) groups is 2. The van der Waals surface area contributed by atoms with Crippen LogP contribution in [0.3, 0.4) is 0 Å². The fraction of sp³-hybridized carbons (Fsp3) is 0.176. The van der Waals surface area contributed by atoms with Gasteiger partial charge in [0.25, 0.3) is 0 Å². The third kappa shape index (κ3) is 4.93. The normalized spacial score (nSPS) is 12.4. The molecular weight excluding hydrogens is 368 g/mol. The van der Waals surface area contributed by atoms with Gasteiger partial charge in [-0.1, -0.05) is 12.1 Å². The highest BCUT2D eigenvalue weighted by Crippen LogP contribution is 2.13. The summed E-state index contributed by atoms with van der Waals surface area (Å²) in [4.78, 5) is 23.2. The van der Waals surface area contributed by atoms with E-state index in [9.17, 15) is 26.8 Å². The van der Waals surface area contributed by atoms with Crippen LogP contribution >= 0.6 is 0 Å². The molecule has 2 rings (SSSR count). The highest BCUT2D eigenvalue weighted by atomic mass is 32.2. The number of sulfonamides is 1. The zero-order chi connectivity index (χ0) is 19.3. The fourth-order valence-electron chi connectivity index (χ4n) is 2.04. The molecule has 0 bridgehead atoms. The van der Waals surface area contributed by atoms with Crippen LogP contribution in [0.1, 0.15) is 17.3 Å². The lowest BCUT2D eigenvalue weighted by Gasteiger charge is -2.13. The van der Waals surface area contributed by atoms with E-state index in [0.717, 1.165) is 24.3 Å². The number of benzene rings is 2. The molecule has 2 aromatic rings. The monoisotopic (exact) mass is 383 g/mol. The lowest BCUT2D eigenvalue weighted by molar-refractivity contribution is -0.144. The van der Waals surface area contributed by atoms with E-state index in [-0.39, 0.29) is 5.56 Å². The summed E-state index contributed by atoms with van der Waals surface area (Å²) < 4.78 is 57.1. The van der Waals surface area contributed by atoms with Gasteiger partial charge in [-0.3, -0.25) is 9.59 Å². The maximum absolute atomic E-state index is 13.5. The van der Waals surface area contributed by atoms with Gasteiger partial charge in [0, 0.05) is 5.56 Å². The Labute approximate surface area is 148 Å². The first-order valence-electron chi connectivity index (χ1n) is 7.44. The fourth-order valence-corrected chi connectivity index (χ4v) is 3.08. The predicted molar refractivity (Wildman–Crippen MR) is 87.9 cm³/mol. The average Bonchev–Trinajstić information content (AvgIpc) is 2.60. The van der Waals surface area contributed by atoms with Crippen LogP contribution in [0.2, 0.25) is 0 Å². The van der Waals surface area contributed by atoms with E-state index in [1.807, 2.05) is 4.72 Å². The number of rotatable bonds is 7. The number of Topliss-reactive ketones (excluding diaryl/α,β-unsaturated/α-hetero) is 1. The van der Waals surface area contributed by atoms with Gasteiger partial charge < -0.3 is 4.74 Å². The Balaban J connectivity index is 1.95. The summed E-state index contributed by atoms with van der Waals surface area (Å²) in [6, 6.07) is 9.32. The molecule has 0 aliphatic carbocycles. The van der Waals surface area contributed by atoms with Gasteiger partial charge in [-0.2, -0.15) is 4.72 Å². The zero-order valence-corrected chi connectivity index (χ0v) is 14.4. The molecule has 0 fully saturated rings. The number of nitrogens with one attached hydrogen (secondary N) is 1. The Kier molecular flexibility index (Phi) is 6.17. The highest BCUT2D eigenvalue weighted by molar-refractivity contribution is 7.89. The minimum absolute atomic E-state index is 0.138. The molecule has 0 aromatic heterocycles. The molecule has 0 spiro atoms. The average molecular weight is 383 g/mol. The summed E-state index contributed by atoms with van der Waals surface area (Å²) in [6.45, 7) is 0.520. The Bertz CT molecular complexity index is 913. The molecule has 0 aliphatic heterocycles. The van der Waals surface area contributed by atoms with Crippen molar-refractivity contribution < 1.29 is 31.5 Å². The number of hydrogen-bond donors (Lipinski definition) is 1. The van der Waals surface area contributed by atoms with Gasteiger partial charge in [0.2, 0.25) is 15.8 Å². The van der Waals surface area contributed by atoms with Crippen LogP contribution in [0.4, 0.5) is 8.78 Å². The van der Waals surface area contributed by atoms with E-state index in [1.54, 1.807) is 0 Å². The molecule has 9 heteroatoms. The molecular formula is C17H15F2NO5S. The second-order valence-electron chi connectivity index (χ2n) is 5.26. The van der Waals surface area contributed by atoms with Crippen molar-refractivity contribution >= 4 is 21.8 Å². The van der Waals surface area contributed by atoms with E-state index < -0.39 is 51.0 Å².